The van der Waals surface area contributed by atoms with Crippen LogP contribution in [-0.2, 0) is 12.4 Å². The monoisotopic (exact) mass is 509 g/mol. The van der Waals surface area contributed by atoms with E-state index in [2.05, 4.69) is 15.1 Å². The number of carbonyl (C=O) groups is 1. The van der Waals surface area contributed by atoms with Crippen molar-refractivity contribution < 1.29 is 35.7 Å². The maximum absolute atomic E-state index is 13.9. The molecule has 1 aliphatic rings. The summed E-state index contributed by atoms with van der Waals surface area (Å²) in [6.45, 7) is 1.87. The highest BCUT2D eigenvalue weighted by molar-refractivity contribution is 5.96. The lowest BCUT2D eigenvalue weighted by atomic mass is 9.95. The molecule has 1 saturated heterocycles. The molecular formula is C23H17F6N5O2. The van der Waals surface area contributed by atoms with E-state index in [0.29, 0.717) is 36.7 Å². The van der Waals surface area contributed by atoms with Crippen LogP contribution in [0.1, 0.15) is 57.7 Å². The maximum Gasteiger partial charge on any atom is 0.434 e. The van der Waals surface area contributed by atoms with E-state index in [1.54, 1.807) is 13.0 Å². The summed E-state index contributed by atoms with van der Waals surface area (Å²) in [5.41, 5.74) is -4.29. The minimum atomic E-state index is -5.06. The van der Waals surface area contributed by atoms with Crippen LogP contribution in [0.25, 0.3) is 11.3 Å². The molecule has 3 heterocycles. The first-order valence-corrected chi connectivity index (χ1v) is 10.7. The Balaban J connectivity index is 1.66. The average molecular weight is 509 g/mol. The van der Waals surface area contributed by atoms with Gasteiger partial charge in [0.15, 0.2) is 11.5 Å². The molecule has 0 bridgehead atoms. The predicted octanol–water partition coefficient (Wildman–Crippen LogP) is 5.37. The number of alkyl halides is 6. The van der Waals surface area contributed by atoms with Crippen LogP contribution in [0.4, 0.5) is 26.3 Å². The van der Waals surface area contributed by atoms with Crippen LogP contribution in [0.15, 0.2) is 34.9 Å². The maximum atomic E-state index is 13.9. The van der Waals surface area contributed by atoms with Crippen molar-refractivity contribution in [3.8, 4) is 17.3 Å². The number of pyridine rings is 1. The van der Waals surface area contributed by atoms with Crippen molar-refractivity contribution in [2.45, 2.75) is 38.0 Å². The van der Waals surface area contributed by atoms with Crippen molar-refractivity contribution >= 4 is 5.91 Å². The van der Waals surface area contributed by atoms with E-state index in [0.717, 1.165) is 18.2 Å². The van der Waals surface area contributed by atoms with E-state index < -0.39 is 40.8 Å². The van der Waals surface area contributed by atoms with Crippen molar-refractivity contribution in [1.29, 1.82) is 5.26 Å². The van der Waals surface area contributed by atoms with Crippen LogP contribution in [0.3, 0.4) is 0 Å². The summed E-state index contributed by atoms with van der Waals surface area (Å²) < 4.78 is 85.3. The fourth-order valence-corrected chi connectivity index (χ4v) is 4.01. The van der Waals surface area contributed by atoms with E-state index in [1.807, 2.05) is 0 Å². The van der Waals surface area contributed by atoms with E-state index >= 15 is 0 Å². The fourth-order valence-electron chi connectivity index (χ4n) is 4.01. The molecule has 0 saturated carbocycles. The largest absolute Gasteiger partial charge is 0.434 e. The normalized spacial score (nSPS) is 15.1. The zero-order valence-electron chi connectivity index (χ0n) is 18.6. The molecule has 1 amide bonds. The molecule has 7 nitrogen and oxygen atoms in total. The molecule has 4 rings (SSSR count). The smallest absolute Gasteiger partial charge is 0.340 e. The van der Waals surface area contributed by atoms with Gasteiger partial charge in [-0.3, -0.25) is 4.79 Å². The van der Waals surface area contributed by atoms with Gasteiger partial charge in [-0.25, -0.2) is 4.98 Å². The van der Waals surface area contributed by atoms with Crippen molar-refractivity contribution in [2.24, 2.45) is 0 Å². The zero-order chi connectivity index (χ0) is 26.3. The van der Waals surface area contributed by atoms with Crippen molar-refractivity contribution in [2.75, 3.05) is 13.1 Å². The number of rotatable bonds is 3. The Morgan fingerprint density at radius 1 is 1.06 bits per heavy atom. The molecule has 3 aromatic rings. The van der Waals surface area contributed by atoms with Crippen molar-refractivity contribution in [1.82, 2.24) is 20.0 Å². The summed E-state index contributed by atoms with van der Waals surface area (Å²) in [6.07, 6.45) is -8.91. The Kier molecular flexibility index (Phi) is 6.46. The van der Waals surface area contributed by atoms with Gasteiger partial charge in [-0.1, -0.05) is 17.3 Å². The Hall–Kier alpha value is -3.95. The molecular weight excluding hydrogens is 492 g/mol. The number of likely N-dealkylation sites (tertiary alicyclic amines) is 1. The standard InChI is InChI=1S/C23H17F6N5O2/c1-12-31-20(33-36-12)14-6-8-34(9-7-14)21(35)17-10-15(11-30)18(32-19(17)23(27,28)29)13-2-4-16(5-3-13)22(24,25)26/h2-5,10,14H,6-9H2,1H3. The number of hydrogen-bond acceptors (Lipinski definition) is 6. The summed E-state index contributed by atoms with van der Waals surface area (Å²) in [6, 6.07) is 5.71. The first-order chi connectivity index (χ1) is 16.9. The molecule has 0 aliphatic carbocycles. The Bertz CT molecular complexity index is 1320. The number of aromatic nitrogens is 3. The van der Waals surface area contributed by atoms with Crippen molar-refractivity contribution in [3.05, 3.63) is 64.4 Å². The SMILES string of the molecule is Cc1nc(C2CCN(C(=O)c3cc(C#N)c(-c4ccc(C(F)(F)F)cc4)nc3C(F)(F)F)CC2)no1. The topological polar surface area (TPSA) is 95.9 Å². The van der Waals surface area contributed by atoms with Gasteiger partial charge in [-0.05, 0) is 31.0 Å². The second-order valence-corrected chi connectivity index (χ2v) is 8.20. The molecule has 1 aromatic carbocycles. The quantitative estimate of drug-likeness (QED) is 0.441. The van der Waals surface area contributed by atoms with Crippen LogP contribution in [0.2, 0.25) is 0 Å². The second kappa shape index (κ2) is 9.25. The van der Waals surface area contributed by atoms with Gasteiger partial charge in [-0.15, -0.1) is 0 Å². The minimum absolute atomic E-state index is 0.122. The molecule has 13 heteroatoms. The lowest BCUT2D eigenvalue weighted by Crippen LogP contribution is -2.39. The summed E-state index contributed by atoms with van der Waals surface area (Å²) in [4.78, 5) is 22.0. The van der Waals surface area contributed by atoms with Gasteiger partial charge >= 0.3 is 12.4 Å². The molecule has 0 N–H and O–H groups in total. The number of aryl methyl sites for hydroxylation is 1. The van der Waals surface area contributed by atoms with Crippen molar-refractivity contribution in [3.63, 3.8) is 0 Å². The summed E-state index contributed by atoms with van der Waals surface area (Å²) in [5.74, 6) is -0.233. The molecule has 0 atom stereocenters. The van der Waals surface area contributed by atoms with E-state index in [1.165, 1.54) is 4.90 Å². The van der Waals surface area contributed by atoms with Gasteiger partial charge in [0.2, 0.25) is 5.89 Å². The molecule has 2 aromatic heterocycles. The molecule has 0 radical (unpaired) electrons. The van der Waals surface area contributed by atoms with Gasteiger partial charge in [-0.2, -0.15) is 36.6 Å². The lowest BCUT2D eigenvalue weighted by molar-refractivity contribution is -0.141. The van der Waals surface area contributed by atoms with Gasteiger partial charge < -0.3 is 9.42 Å². The molecule has 0 spiro atoms. The number of amides is 1. The average Bonchev–Trinajstić information content (AvgIpc) is 3.28. The number of piperidine rings is 1. The third-order valence-electron chi connectivity index (χ3n) is 5.82. The molecule has 1 aliphatic heterocycles. The van der Waals surface area contributed by atoms with Crippen LogP contribution >= 0.6 is 0 Å². The van der Waals surface area contributed by atoms with Gasteiger partial charge in [0.1, 0.15) is 6.07 Å². The third-order valence-corrected chi connectivity index (χ3v) is 5.82. The Morgan fingerprint density at radius 2 is 1.69 bits per heavy atom. The lowest BCUT2D eigenvalue weighted by Gasteiger charge is -2.31. The highest BCUT2D eigenvalue weighted by atomic mass is 19.4. The third kappa shape index (κ3) is 5.02. The summed E-state index contributed by atoms with van der Waals surface area (Å²) in [7, 11) is 0. The minimum Gasteiger partial charge on any atom is -0.340 e. The Labute approximate surface area is 200 Å². The zero-order valence-corrected chi connectivity index (χ0v) is 18.6. The van der Waals surface area contributed by atoms with Crippen LogP contribution < -0.4 is 0 Å². The van der Waals surface area contributed by atoms with Gasteiger partial charge in [0.25, 0.3) is 5.91 Å². The van der Waals surface area contributed by atoms with E-state index in [9.17, 15) is 36.4 Å². The van der Waals surface area contributed by atoms with E-state index in [4.69, 9.17) is 4.52 Å². The number of nitriles is 1. The van der Waals surface area contributed by atoms with Crippen LogP contribution in [0.5, 0.6) is 0 Å². The molecule has 0 unspecified atom stereocenters. The first-order valence-electron chi connectivity index (χ1n) is 10.7. The summed E-state index contributed by atoms with van der Waals surface area (Å²) in [5, 5.41) is 13.4. The molecule has 1 fully saturated rings. The molecule has 36 heavy (non-hydrogen) atoms. The highest BCUT2D eigenvalue weighted by Crippen LogP contribution is 2.37. The number of carbonyl (C=O) groups excluding carboxylic acids is 1. The van der Waals surface area contributed by atoms with Gasteiger partial charge in [0, 0.05) is 31.5 Å². The fraction of sp³-hybridized carbons (Fsp3) is 0.348. The van der Waals surface area contributed by atoms with Crippen LogP contribution in [-0.4, -0.2) is 39.0 Å². The highest BCUT2D eigenvalue weighted by Gasteiger charge is 2.40. The summed E-state index contributed by atoms with van der Waals surface area (Å²) >= 11 is 0. The predicted molar refractivity (Wildman–Crippen MR) is 111 cm³/mol. The van der Waals surface area contributed by atoms with E-state index in [-0.39, 0.29) is 30.1 Å². The first kappa shape index (κ1) is 25.2. The number of nitrogens with zero attached hydrogens (tertiary/aromatic N) is 5. The second-order valence-electron chi connectivity index (χ2n) is 8.20. The Morgan fingerprint density at radius 3 is 2.19 bits per heavy atom. The number of hydrogen-bond donors (Lipinski definition) is 0. The number of halogens is 6. The molecule has 188 valence electrons. The number of benzene rings is 1. The van der Waals surface area contributed by atoms with Gasteiger partial charge in [0.05, 0.1) is 22.4 Å². The van der Waals surface area contributed by atoms with Crippen LogP contribution in [0, 0.1) is 18.3 Å².